The third-order valence-corrected chi connectivity index (χ3v) is 2.50. The average Bonchev–Trinajstić information content (AvgIpc) is 2.17. The molecule has 0 radical (unpaired) electrons. The molecule has 0 aliphatic carbocycles. The molecule has 0 saturated heterocycles. The van der Waals surface area contributed by atoms with E-state index in [1.54, 1.807) is 24.3 Å². The second kappa shape index (κ2) is 3.39. The Morgan fingerprint density at radius 1 is 1.40 bits per heavy atom. The zero-order chi connectivity index (χ0) is 11.0. The van der Waals surface area contributed by atoms with Crippen LogP contribution in [0.15, 0.2) is 29.2 Å². The lowest BCUT2D eigenvalue weighted by Gasteiger charge is -2.03. The van der Waals surface area contributed by atoms with Gasteiger partial charge in [-0.15, -0.1) is 12.6 Å². The van der Waals surface area contributed by atoms with E-state index in [1.807, 2.05) is 0 Å². The smallest absolute Gasteiger partial charge is 0.324 e. The maximum absolute atomic E-state index is 10.7. The molecule has 1 aromatic heterocycles. The van der Waals surface area contributed by atoms with Gasteiger partial charge in [0.05, 0.1) is 15.3 Å². The normalized spacial score (nSPS) is 10.5. The molecule has 0 spiro atoms. The summed E-state index contributed by atoms with van der Waals surface area (Å²) in [5.41, 5.74) is 5.85. The molecular formula is C9H7N3O2S. The number of pyridine rings is 1. The summed E-state index contributed by atoms with van der Waals surface area (Å²) in [4.78, 5) is 14.3. The van der Waals surface area contributed by atoms with Gasteiger partial charge in [0.15, 0.2) is 0 Å². The quantitative estimate of drug-likeness (QED) is 0.438. The van der Waals surface area contributed by atoms with E-state index in [-0.39, 0.29) is 16.4 Å². The van der Waals surface area contributed by atoms with Crippen molar-refractivity contribution < 1.29 is 4.92 Å². The number of nitrogens with two attached hydrogens (primary N) is 1. The summed E-state index contributed by atoms with van der Waals surface area (Å²) in [5.74, 6) is -0.108. The molecule has 15 heavy (non-hydrogen) atoms. The largest absolute Gasteiger partial charge is 0.378 e. The fourth-order valence-corrected chi connectivity index (χ4v) is 1.77. The van der Waals surface area contributed by atoms with E-state index < -0.39 is 4.92 Å². The molecule has 2 N–H and O–H groups in total. The number of nitrogens with zero attached hydrogens (tertiary/aromatic N) is 2. The highest BCUT2D eigenvalue weighted by molar-refractivity contribution is 7.80. The number of nitrogen functional groups attached to an aromatic ring is 1. The van der Waals surface area contributed by atoms with Crippen LogP contribution >= 0.6 is 12.6 Å². The molecule has 0 amide bonds. The zero-order valence-corrected chi connectivity index (χ0v) is 8.44. The Morgan fingerprint density at radius 2 is 2.07 bits per heavy atom. The molecule has 1 heterocycles. The Morgan fingerprint density at radius 3 is 2.73 bits per heavy atom. The number of para-hydroxylation sites is 1. The van der Waals surface area contributed by atoms with E-state index in [2.05, 4.69) is 17.6 Å². The summed E-state index contributed by atoms with van der Waals surface area (Å²) in [5, 5.41) is 11.3. The van der Waals surface area contributed by atoms with Gasteiger partial charge in [0.2, 0.25) is 5.82 Å². The summed E-state index contributed by atoms with van der Waals surface area (Å²) in [6, 6.07) is 7.00. The van der Waals surface area contributed by atoms with Crippen molar-refractivity contribution in [2.75, 3.05) is 5.73 Å². The van der Waals surface area contributed by atoms with Crippen LogP contribution < -0.4 is 5.73 Å². The van der Waals surface area contributed by atoms with Gasteiger partial charge in [0.25, 0.3) is 0 Å². The molecule has 76 valence electrons. The predicted octanol–water partition coefficient (Wildman–Crippen LogP) is 2.01. The Hall–Kier alpha value is -1.82. The van der Waals surface area contributed by atoms with Crippen molar-refractivity contribution in [3.63, 3.8) is 0 Å². The van der Waals surface area contributed by atoms with Crippen molar-refractivity contribution in [2.24, 2.45) is 0 Å². The van der Waals surface area contributed by atoms with E-state index in [1.165, 1.54) is 0 Å². The highest BCUT2D eigenvalue weighted by Crippen LogP contribution is 2.33. The van der Waals surface area contributed by atoms with Crippen LogP contribution in [0.4, 0.5) is 11.5 Å². The van der Waals surface area contributed by atoms with E-state index >= 15 is 0 Å². The third kappa shape index (κ3) is 1.48. The molecule has 0 fully saturated rings. The number of aromatic nitrogens is 1. The summed E-state index contributed by atoms with van der Waals surface area (Å²) >= 11 is 4.11. The summed E-state index contributed by atoms with van der Waals surface area (Å²) in [7, 11) is 0. The molecule has 6 heteroatoms. The SMILES string of the molecule is Nc1nc2ccccc2c(S)c1[N+](=O)[O-]. The van der Waals surface area contributed by atoms with E-state index in [0.29, 0.717) is 10.9 Å². The fourth-order valence-electron chi connectivity index (χ4n) is 1.38. The minimum atomic E-state index is -0.572. The first-order valence-corrected chi connectivity index (χ1v) is 4.57. The minimum Gasteiger partial charge on any atom is -0.378 e. The van der Waals surface area contributed by atoms with Crippen LogP contribution in [-0.2, 0) is 0 Å². The molecule has 0 aliphatic rings. The molecule has 0 bridgehead atoms. The second-order valence-electron chi connectivity index (χ2n) is 2.97. The molecule has 5 nitrogen and oxygen atoms in total. The summed E-state index contributed by atoms with van der Waals surface area (Å²) in [6.07, 6.45) is 0. The van der Waals surface area contributed by atoms with Gasteiger partial charge in [-0.05, 0) is 6.07 Å². The number of anilines is 1. The van der Waals surface area contributed by atoms with E-state index in [4.69, 9.17) is 5.73 Å². The van der Waals surface area contributed by atoms with E-state index in [0.717, 1.165) is 0 Å². The molecule has 2 aromatic rings. The molecule has 0 aliphatic heterocycles. The molecule has 0 saturated carbocycles. The van der Waals surface area contributed by atoms with Crippen LogP contribution in [0.1, 0.15) is 0 Å². The van der Waals surface area contributed by atoms with Crippen LogP contribution in [-0.4, -0.2) is 9.91 Å². The first-order chi connectivity index (χ1) is 7.11. The molecule has 0 unspecified atom stereocenters. The summed E-state index contributed by atoms with van der Waals surface area (Å²) < 4.78 is 0. The number of hydrogen-bond acceptors (Lipinski definition) is 5. The lowest BCUT2D eigenvalue weighted by Crippen LogP contribution is -2.00. The monoisotopic (exact) mass is 221 g/mol. The highest BCUT2D eigenvalue weighted by atomic mass is 32.1. The van der Waals surface area contributed by atoms with Gasteiger partial charge in [0.1, 0.15) is 0 Å². The number of fused-ring (bicyclic) bond motifs is 1. The summed E-state index contributed by atoms with van der Waals surface area (Å²) in [6.45, 7) is 0. The Kier molecular flexibility index (Phi) is 2.20. The fraction of sp³-hybridized carbons (Fsp3) is 0. The van der Waals surface area contributed by atoms with Crippen molar-refractivity contribution >= 4 is 35.0 Å². The third-order valence-electron chi connectivity index (χ3n) is 2.05. The standard InChI is InChI=1S/C9H7N3O2S/c10-9-7(12(13)14)8(15)5-3-1-2-4-6(5)11-9/h1-4H,(H3,10,11,15). The van der Waals surface area contributed by atoms with Crippen LogP contribution in [0.2, 0.25) is 0 Å². The van der Waals surface area contributed by atoms with Crippen molar-refractivity contribution in [3.8, 4) is 0 Å². The maximum atomic E-state index is 10.7. The molecule has 2 rings (SSSR count). The van der Waals surface area contributed by atoms with Gasteiger partial charge >= 0.3 is 5.69 Å². The average molecular weight is 221 g/mol. The Labute approximate surface area is 90.5 Å². The second-order valence-corrected chi connectivity index (χ2v) is 3.42. The van der Waals surface area contributed by atoms with Gasteiger partial charge in [-0.1, -0.05) is 18.2 Å². The minimum absolute atomic E-state index is 0.108. The molecule has 1 aromatic carbocycles. The molecule has 0 atom stereocenters. The number of nitro groups is 1. The predicted molar refractivity (Wildman–Crippen MR) is 60.1 cm³/mol. The van der Waals surface area contributed by atoms with Crippen LogP contribution in [0, 0.1) is 10.1 Å². The Bertz CT molecular complexity index is 556. The van der Waals surface area contributed by atoms with Gasteiger partial charge in [0, 0.05) is 5.39 Å². The van der Waals surface area contributed by atoms with Gasteiger partial charge in [-0.3, -0.25) is 10.1 Å². The van der Waals surface area contributed by atoms with Gasteiger partial charge in [-0.25, -0.2) is 4.98 Å². The van der Waals surface area contributed by atoms with Crippen molar-refractivity contribution in [1.82, 2.24) is 4.98 Å². The van der Waals surface area contributed by atoms with Crippen LogP contribution in [0.25, 0.3) is 10.9 Å². The number of hydrogen-bond donors (Lipinski definition) is 2. The first kappa shape index (κ1) is 9.72. The lowest BCUT2D eigenvalue weighted by atomic mass is 10.2. The van der Waals surface area contributed by atoms with Crippen molar-refractivity contribution in [1.29, 1.82) is 0 Å². The van der Waals surface area contributed by atoms with Crippen LogP contribution in [0.3, 0.4) is 0 Å². The molecular weight excluding hydrogens is 214 g/mol. The van der Waals surface area contributed by atoms with Crippen LogP contribution in [0.5, 0.6) is 0 Å². The van der Waals surface area contributed by atoms with Gasteiger partial charge < -0.3 is 5.73 Å². The number of thiol groups is 1. The van der Waals surface area contributed by atoms with E-state index in [9.17, 15) is 10.1 Å². The first-order valence-electron chi connectivity index (χ1n) is 4.13. The van der Waals surface area contributed by atoms with Crippen molar-refractivity contribution in [2.45, 2.75) is 4.90 Å². The highest BCUT2D eigenvalue weighted by Gasteiger charge is 2.20. The number of benzene rings is 1. The Balaban J connectivity index is 2.90. The number of rotatable bonds is 1. The lowest BCUT2D eigenvalue weighted by molar-refractivity contribution is -0.386. The topological polar surface area (TPSA) is 82.0 Å². The van der Waals surface area contributed by atoms with Crippen molar-refractivity contribution in [3.05, 3.63) is 34.4 Å². The zero-order valence-electron chi connectivity index (χ0n) is 7.54. The maximum Gasteiger partial charge on any atom is 0.324 e. The van der Waals surface area contributed by atoms with Gasteiger partial charge in [-0.2, -0.15) is 0 Å².